The third-order valence-electron chi connectivity index (χ3n) is 4.80. The van der Waals surface area contributed by atoms with Crippen molar-refractivity contribution in [3.05, 3.63) is 12.3 Å². The van der Waals surface area contributed by atoms with Gasteiger partial charge in [-0.2, -0.15) is 0 Å². The second kappa shape index (κ2) is 5.25. The summed E-state index contributed by atoms with van der Waals surface area (Å²) in [5.41, 5.74) is -0.0960. The van der Waals surface area contributed by atoms with Crippen LogP contribution in [0, 0.1) is 0 Å². The van der Waals surface area contributed by atoms with Crippen molar-refractivity contribution in [3.63, 3.8) is 0 Å². The van der Waals surface area contributed by atoms with Gasteiger partial charge in [0, 0.05) is 19.3 Å². The number of anilines is 1. The van der Waals surface area contributed by atoms with E-state index in [0.29, 0.717) is 5.72 Å². The largest absolute Gasteiger partial charge is 0.534 e. The molecule has 0 bridgehead atoms. The molecule has 2 saturated heterocycles. The van der Waals surface area contributed by atoms with Gasteiger partial charge in [0.15, 0.2) is 5.72 Å². The Bertz CT molecular complexity index is 499. The first kappa shape index (κ1) is 14.8. The molecule has 3 heterocycles. The summed E-state index contributed by atoms with van der Waals surface area (Å²) in [6.45, 7) is 10.3. The van der Waals surface area contributed by atoms with E-state index in [4.69, 9.17) is 9.31 Å². The number of piperidine rings is 1. The van der Waals surface area contributed by atoms with Crippen molar-refractivity contribution in [1.29, 1.82) is 0 Å². The lowest BCUT2D eigenvalue weighted by atomic mass is 9.89. The summed E-state index contributed by atoms with van der Waals surface area (Å²) in [6.07, 6.45) is 5.58. The summed E-state index contributed by atoms with van der Waals surface area (Å²) in [6, 6.07) is 1.97. The van der Waals surface area contributed by atoms with E-state index in [-0.39, 0.29) is 11.2 Å². The van der Waals surface area contributed by atoms with Crippen molar-refractivity contribution < 1.29 is 9.31 Å². The van der Waals surface area contributed by atoms with Crippen LogP contribution in [0.25, 0.3) is 0 Å². The highest BCUT2D eigenvalue weighted by molar-refractivity contribution is 6.60. The molecule has 21 heavy (non-hydrogen) atoms. The van der Waals surface area contributed by atoms with Crippen LogP contribution >= 0.6 is 0 Å². The molecule has 6 heteroatoms. The molecule has 0 radical (unpaired) electrons. The maximum Gasteiger partial charge on any atom is 0.534 e. The first-order valence-electron chi connectivity index (χ1n) is 7.83. The van der Waals surface area contributed by atoms with E-state index in [0.717, 1.165) is 18.9 Å². The molecule has 0 unspecified atom stereocenters. The summed E-state index contributed by atoms with van der Waals surface area (Å²) in [7, 11) is -0.486. The average molecular weight is 289 g/mol. The Hall–Kier alpha value is -1.14. The Morgan fingerprint density at radius 2 is 1.67 bits per heavy atom. The summed E-state index contributed by atoms with van der Waals surface area (Å²) >= 11 is 0. The van der Waals surface area contributed by atoms with Gasteiger partial charge >= 0.3 is 7.12 Å². The van der Waals surface area contributed by atoms with Gasteiger partial charge in [0.2, 0.25) is 0 Å². The predicted octanol–water partition coefficient (Wildman–Crippen LogP) is 1.77. The molecule has 0 spiro atoms. The smallest absolute Gasteiger partial charge is 0.397 e. The highest BCUT2D eigenvalue weighted by Crippen LogP contribution is 2.36. The molecule has 1 aromatic heterocycles. The molecule has 3 rings (SSSR count). The van der Waals surface area contributed by atoms with Crippen molar-refractivity contribution in [1.82, 2.24) is 9.97 Å². The Labute approximate surface area is 127 Å². The standard InChI is InChI=1S/C15H24BN3O2/c1-14(2)15(3,4)21-16(20-14)13-17-9-8-12(18-13)19-10-6-5-7-11-19/h8-9H,5-7,10-11H2,1-4H3. The number of aromatic nitrogens is 2. The van der Waals surface area contributed by atoms with Crippen LogP contribution in [-0.2, 0) is 9.31 Å². The molecule has 2 fully saturated rings. The van der Waals surface area contributed by atoms with Gasteiger partial charge in [0.1, 0.15) is 5.82 Å². The van der Waals surface area contributed by atoms with Crippen molar-refractivity contribution in [2.75, 3.05) is 18.0 Å². The molecule has 0 saturated carbocycles. The van der Waals surface area contributed by atoms with Crippen molar-refractivity contribution in [2.45, 2.75) is 58.2 Å². The number of hydrogen-bond donors (Lipinski definition) is 0. The van der Waals surface area contributed by atoms with Gasteiger partial charge in [-0.15, -0.1) is 0 Å². The lowest BCUT2D eigenvalue weighted by molar-refractivity contribution is 0.00578. The van der Waals surface area contributed by atoms with E-state index in [2.05, 4.69) is 14.9 Å². The lowest BCUT2D eigenvalue weighted by Crippen LogP contribution is -2.41. The minimum absolute atomic E-state index is 0.359. The number of nitrogens with zero attached hydrogens (tertiary/aromatic N) is 3. The van der Waals surface area contributed by atoms with Gasteiger partial charge in [0.05, 0.1) is 11.2 Å². The molecular weight excluding hydrogens is 265 g/mol. The maximum atomic E-state index is 6.03. The average Bonchev–Trinajstić information content (AvgIpc) is 2.69. The highest BCUT2D eigenvalue weighted by atomic mass is 16.7. The Kier molecular flexibility index (Phi) is 3.70. The molecule has 0 atom stereocenters. The summed E-state index contributed by atoms with van der Waals surface area (Å²) in [4.78, 5) is 11.4. The predicted molar refractivity (Wildman–Crippen MR) is 83.8 cm³/mol. The summed E-state index contributed by atoms with van der Waals surface area (Å²) in [5.74, 6) is 0.981. The monoisotopic (exact) mass is 289 g/mol. The van der Waals surface area contributed by atoms with Crippen LogP contribution in [0.2, 0.25) is 0 Å². The van der Waals surface area contributed by atoms with Crippen LogP contribution < -0.4 is 10.6 Å². The third-order valence-corrected chi connectivity index (χ3v) is 4.80. The first-order chi connectivity index (χ1) is 9.89. The minimum Gasteiger partial charge on any atom is -0.397 e. The normalized spacial score (nSPS) is 24.4. The molecule has 114 valence electrons. The van der Waals surface area contributed by atoms with Crippen LogP contribution in [0.1, 0.15) is 47.0 Å². The SMILES string of the molecule is CC1(C)OB(c2nccc(N3CCCCC3)n2)OC1(C)C. The van der Waals surface area contributed by atoms with Crippen LogP contribution in [0.3, 0.4) is 0 Å². The number of hydrogen-bond acceptors (Lipinski definition) is 5. The van der Waals surface area contributed by atoms with Gasteiger partial charge in [0.25, 0.3) is 0 Å². The molecule has 0 aromatic carbocycles. The Balaban J connectivity index is 1.81. The van der Waals surface area contributed by atoms with E-state index < -0.39 is 7.12 Å². The van der Waals surface area contributed by atoms with Crippen LogP contribution in [0.15, 0.2) is 12.3 Å². The minimum atomic E-state index is -0.486. The molecule has 1 aromatic rings. The molecule has 0 amide bonds. The molecule has 0 N–H and O–H groups in total. The van der Waals surface area contributed by atoms with Crippen molar-refractivity contribution in [2.24, 2.45) is 0 Å². The van der Waals surface area contributed by atoms with Crippen molar-refractivity contribution in [3.8, 4) is 0 Å². The Morgan fingerprint density at radius 3 is 2.29 bits per heavy atom. The van der Waals surface area contributed by atoms with Gasteiger partial charge < -0.3 is 14.2 Å². The van der Waals surface area contributed by atoms with E-state index in [1.165, 1.54) is 19.3 Å². The highest BCUT2D eigenvalue weighted by Gasteiger charge is 2.53. The zero-order valence-corrected chi connectivity index (χ0v) is 13.4. The van der Waals surface area contributed by atoms with Crippen molar-refractivity contribution >= 4 is 18.7 Å². The zero-order valence-electron chi connectivity index (χ0n) is 13.4. The van der Waals surface area contributed by atoms with Crippen LogP contribution in [0.4, 0.5) is 5.82 Å². The second-order valence-corrected chi connectivity index (χ2v) is 6.91. The van der Waals surface area contributed by atoms with E-state index in [9.17, 15) is 0 Å². The quantitative estimate of drug-likeness (QED) is 0.776. The topological polar surface area (TPSA) is 47.5 Å². The first-order valence-corrected chi connectivity index (χ1v) is 7.83. The third kappa shape index (κ3) is 2.79. The zero-order chi connectivity index (χ0) is 15.1. The fourth-order valence-corrected chi connectivity index (χ4v) is 2.72. The molecule has 2 aliphatic rings. The lowest BCUT2D eigenvalue weighted by Gasteiger charge is -2.32. The van der Waals surface area contributed by atoms with E-state index >= 15 is 0 Å². The maximum absolute atomic E-state index is 6.03. The van der Waals surface area contributed by atoms with Gasteiger partial charge in [-0.05, 0) is 53.0 Å². The fourth-order valence-electron chi connectivity index (χ4n) is 2.72. The fraction of sp³-hybridized carbons (Fsp3) is 0.733. The van der Waals surface area contributed by atoms with Crippen LogP contribution in [0.5, 0.6) is 0 Å². The van der Waals surface area contributed by atoms with Gasteiger partial charge in [-0.25, -0.2) is 9.97 Å². The molecule has 5 nitrogen and oxygen atoms in total. The molecular formula is C15H24BN3O2. The second-order valence-electron chi connectivity index (χ2n) is 6.91. The molecule has 0 aliphatic carbocycles. The van der Waals surface area contributed by atoms with E-state index in [1.807, 2.05) is 33.8 Å². The van der Waals surface area contributed by atoms with E-state index in [1.54, 1.807) is 6.20 Å². The van der Waals surface area contributed by atoms with Gasteiger partial charge in [-0.3, -0.25) is 0 Å². The van der Waals surface area contributed by atoms with Crippen LogP contribution in [-0.4, -0.2) is 41.4 Å². The summed E-state index contributed by atoms with van der Waals surface area (Å²) < 4.78 is 12.1. The summed E-state index contributed by atoms with van der Waals surface area (Å²) in [5, 5.41) is 0. The number of rotatable bonds is 2. The molecule has 2 aliphatic heterocycles. The Morgan fingerprint density at radius 1 is 1.05 bits per heavy atom. The van der Waals surface area contributed by atoms with Gasteiger partial charge in [-0.1, -0.05) is 0 Å².